The number of carbonyl (C=O) groups excluding carboxylic acids is 1. The smallest absolute Gasteiger partial charge is 0.303 e. The van der Waals surface area contributed by atoms with Crippen LogP contribution in [0.15, 0.2) is 16.8 Å². The lowest BCUT2D eigenvalue weighted by molar-refractivity contribution is -0.141. The lowest BCUT2D eigenvalue weighted by Crippen LogP contribution is -2.39. The van der Waals surface area contributed by atoms with Crippen molar-refractivity contribution in [3.63, 3.8) is 0 Å². The predicted octanol–water partition coefficient (Wildman–Crippen LogP) is 2.39. The molecule has 5 heteroatoms. The van der Waals surface area contributed by atoms with Crippen LogP contribution in [-0.4, -0.2) is 34.5 Å². The maximum atomic E-state index is 11.9. The van der Waals surface area contributed by atoms with Crippen molar-refractivity contribution < 1.29 is 14.7 Å². The summed E-state index contributed by atoms with van der Waals surface area (Å²) < 4.78 is 0. The number of likely N-dealkylation sites (N-methyl/N-ethyl adjacent to an activating group) is 1. The Labute approximate surface area is 111 Å². The molecule has 0 aliphatic rings. The molecule has 1 rings (SSSR count). The third kappa shape index (κ3) is 4.49. The van der Waals surface area contributed by atoms with Gasteiger partial charge in [-0.15, -0.1) is 0 Å². The topological polar surface area (TPSA) is 57.6 Å². The molecule has 1 unspecified atom stereocenters. The molecule has 0 saturated carbocycles. The molecule has 0 aromatic carbocycles. The van der Waals surface area contributed by atoms with Crippen LogP contribution in [0.25, 0.3) is 0 Å². The Morgan fingerprint density at radius 1 is 1.44 bits per heavy atom. The molecule has 0 bridgehead atoms. The van der Waals surface area contributed by atoms with Crippen LogP contribution in [0.5, 0.6) is 0 Å². The normalized spacial score (nSPS) is 12.1. The van der Waals surface area contributed by atoms with Gasteiger partial charge in [0.05, 0.1) is 6.42 Å². The molecular weight excluding hydrogens is 250 g/mol. The molecule has 1 amide bonds. The van der Waals surface area contributed by atoms with Crippen molar-refractivity contribution in [2.75, 3.05) is 6.54 Å². The minimum Gasteiger partial charge on any atom is -0.481 e. The van der Waals surface area contributed by atoms with E-state index in [1.54, 1.807) is 16.2 Å². The number of carboxylic acids is 1. The van der Waals surface area contributed by atoms with Gasteiger partial charge < -0.3 is 10.0 Å². The zero-order valence-electron chi connectivity index (χ0n) is 10.8. The van der Waals surface area contributed by atoms with Crippen molar-refractivity contribution in [3.05, 3.63) is 22.4 Å². The van der Waals surface area contributed by atoms with E-state index < -0.39 is 5.97 Å². The molecule has 1 heterocycles. The van der Waals surface area contributed by atoms with E-state index in [0.29, 0.717) is 6.54 Å². The summed E-state index contributed by atoms with van der Waals surface area (Å²) in [5, 5.41) is 12.7. The SMILES string of the molecule is CCN(C(=O)CCC(=O)O)C(C)Cc1ccsc1. The first-order valence-electron chi connectivity index (χ1n) is 6.07. The summed E-state index contributed by atoms with van der Waals surface area (Å²) >= 11 is 1.64. The van der Waals surface area contributed by atoms with Gasteiger partial charge in [-0.25, -0.2) is 0 Å². The van der Waals surface area contributed by atoms with E-state index in [1.165, 1.54) is 5.56 Å². The largest absolute Gasteiger partial charge is 0.481 e. The number of hydrogen-bond donors (Lipinski definition) is 1. The second-order valence-corrected chi connectivity index (χ2v) is 5.04. The van der Waals surface area contributed by atoms with E-state index in [-0.39, 0.29) is 24.8 Å². The fraction of sp³-hybridized carbons (Fsp3) is 0.538. The molecule has 0 aliphatic heterocycles. The van der Waals surface area contributed by atoms with Gasteiger partial charge >= 0.3 is 5.97 Å². The Morgan fingerprint density at radius 2 is 2.17 bits per heavy atom. The standard InChI is InChI=1S/C13H19NO3S/c1-3-14(12(15)4-5-13(16)17)10(2)8-11-6-7-18-9-11/h6-7,9-10H,3-5,8H2,1-2H3,(H,16,17). The molecule has 18 heavy (non-hydrogen) atoms. The van der Waals surface area contributed by atoms with Crippen LogP contribution in [0.2, 0.25) is 0 Å². The number of rotatable bonds is 7. The molecular formula is C13H19NO3S. The molecule has 0 radical (unpaired) electrons. The number of nitrogens with zero attached hydrogens (tertiary/aromatic N) is 1. The van der Waals surface area contributed by atoms with Crippen molar-refractivity contribution in [3.8, 4) is 0 Å². The van der Waals surface area contributed by atoms with Gasteiger partial charge in [0.1, 0.15) is 0 Å². The van der Waals surface area contributed by atoms with Crippen LogP contribution in [0.4, 0.5) is 0 Å². The first-order valence-corrected chi connectivity index (χ1v) is 7.01. The maximum Gasteiger partial charge on any atom is 0.303 e. The minimum atomic E-state index is -0.926. The minimum absolute atomic E-state index is 0.0805. The molecule has 0 aliphatic carbocycles. The fourth-order valence-corrected chi connectivity index (χ4v) is 2.63. The summed E-state index contributed by atoms with van der Waals surface area (Å²) in [4.78, 5) is 24.1. The highest BCUT2D eigenvalue weighted by molar-refractivity contribution is 7.07. The second kappa shape index (κ2) is 7.16. The molecule has 1 aromatic heterocycles. The van der Waals surface area contributed by atoms with Crippen LogP contribution in [0, 0.1) is 0 Å². The predicted molar refractivity (Wildman–Crippen MR) is 71.7 cm³/mol. The number of carboxylic acid groups (broad SMARTS) is 1. The first-order chi connectivity index (χ1) is 8.54. The lowest BCUT2D eigenvalue weighted by Gasteiger charge is -2.28. The molecule has 0 spiro atoms. The van der Waals surface area contributed by atoms with Crippen LogP contribution < -0.4 is 0 Å². The van der Waals surface area contributed by atoms with Crippen LogP contribution in [0.3, 0.4) is 0 Å². The molecule has 1 atom stereocenters. The van der Waals surface area contributed by atoms with E-state index in [0.717, 1.165) is 6.42 Å². The Kier molecular flexibility index (Phi) is 5.85. The van der Waals surface area contributed by atoms with Gasteiger partial charge in [-0.3, -0.25) is 9.59 Å². The van der Waals surface area contributed by atoms with Gasteiger partial charge in [-0.05, 0) is 42.7 Å². The highest BCUT2D eigenvalue weighted by Crippen LogP contribution is 2.13. The summed E-state index contributed by atoms with van der Waals surface area (Å²) in [6.45, 7) is 4.53. The molecule has 1 aromatic rings. The van der Waals surface area contributed by atoms with Gasteiger partial charge in [0, 0.05) is 19.0 Å². The average molecular weight is 269 g/mol. The quantitative estimate of drug-likeness (QED) is 0.827. The van der Waals surface area contributed by atoms with Crippen molar-refractivity contribution in [2.45, 2.75) is 39.2 Å². The molecule has 1 N–H and O–H groups in total. The van der Waals surface area contributed by atoms with Crippen molar-refractivity contribution in [2.24, 2.45) is 0 Å². The van der Waals surface area contributed by atoms with Gasteiger partial charge in [0.2, 0.25) is 5.91 Å². The Bertz CT molecular complexity index is 389. The summed E-state index contributed by atoms with van der Waals surface area (Å²) in [5.74, 6) is -1.01. The zero-order chi connectivity index (χ0) is 13.5. The number of thiophene rings is 1. The Morgan fingerprint density at radius 3 is 2.67 bits per heavy atom. The summed E-state index contributed by atoms with van der Waals surface area (Å²) in [6.07, 6.45) is 0.799. The molecule has 4 nitrogen and oxygen atoms in total. The van der Waals surface area contributed by atoms with Gasteiger partial charge in [0.25, 0.3) is 0 Å². The summed E-state index contributed by atoms with van der Waals surface area (Å²) in [5.41, 5.74) is 1.22. The van der Waals surface area contributed by atoms with E-state index in [1.807, 2.05) is 19.2 Å². The molecule has 0 fully saturated rings. The van der Waals surface area contributed by atoms with Gasteiger partial charge in [-0.2, -0.15) is 11.3 Å². The monoisotopic (exact) mass is 269 g/mol. The summed E-state index contributed by atoms with van der Waals surface area (Å²) in [7, 11) is 0. The van der Waals surface area contributed by atoms with Crippen LogP contribution >= 0.6 is 11.3 Å². The Balaban J connectivity index is 2.53. The average Bonchev–Trinajstić information content (AvgIpc) is 2.80. The van der Waals surface area contributed by atoms with Gasteiger partial charge in [0.15, 0.2) is 0 Å². The van der Waals surface area contributed by atoms with Crippen molar-refractivity contribution in [1.29, 1.82) is 0 Å². The Hall–Kier alpha value is -1.36. The maximum absolute atomic E-state index is 11.9. The van der Waals surface area contributed by atoms with Gasteiger partial charge in [-0.1, -0.05) is 0 Å². The van der Waals surface area contributed by atoms with E-state index in [2.05, 4.69) is 11.4 Å². The van der Waals surface area contributed by atoms with Crippen LogP contribution in [0.1, 0.15) is 32.3 Å². The number of hydrogen-bond acceptors (Lipinski definition) is 3. The van der Waals surface area contributed by atoms with Crippen LogP contribution in [-0.2, 0) is 16.0 Å². The van der Waals surface area contributed by atoms with Crippen molar-refractivity contribution in [1.82, 2.24) is 4.90 Å². The summed E-state index contributed by atoms with van der Waals surface area (Å²) in [6, 6.07) is 2.15. The number of aliphatic carboxylic acids is 1. The van der Waals surface area contributed by atoms with Crippen molar-refractivity contribution >= 4 is 23.2 Å². The third-order valence-corrected chi connectivity index (χ3v) is 3.59. The fourth-order valence-electron chi connectivity index (χ4n) is 1.95. The number of amides is 1. The highest BCUT2D eigenvalue weighted by atomic mass is 32.1. The van der Waals surface area contributed by atoms with E-state index in [9.17, 15) is 9.59 Å². The molecule has 100 valence electrons. The number of carbonyl (C=O) groups is 2. The third-order valence-electron chi connectivity index (χ3n) is 2.86. The lowest BCUT2D eigenvalue weighted by atomic mass is 10.1. The second-order valence-electron chi connectivity index (χ2n) is 4.26. The zero-order valence-corrected chi connectivity index (χ0v) is 11.6. The van der Waals surface area contributed by atoms with E-state index in [4.69, 9.17) is 5.11 Å². The first kappa shape index (κ1) is 14.7. The molecule has 0 saturated heterocycles. The van der Waals surface area contributed by atoms with E-state index >= 15 is 0 Å². The highest BCUT2D eigenvalue weighted by Gasteiger charge is 2.19.